The van der Waals surface area contributed by atoms with Gasteiger partial charge in [0.1, 0.15) is 0 Å². The third-order valence-corrected chi connectivity index (χ3v) is 5.31. The van der Waals surface area contributed by atoms with Gasteiger partial charge < -0.3 is 4.74 Å². The Morgan fingerprint density at radius 2 is 1.86 bits per heavy atom. The van der Waals surface area contributed by atoms with Crippen LogP contribution in [-0.4, -0.2) is 12.6 Å². The molecule has 0 N–H and O–H groups in total. The van der Waals surface area contributed by atoms with Gasteiger partial charge in [0.25, 0.3) is 0 Å². The van der Waals surface area contributed by atoms with E-state index in [1.54, 1.807) is 0 Å². The van der Waals surface area contributed by atoms with E-state index in [4.69, 9.17) is 16.3 Å². The maximum Gasteiger partial charge on any atom is 0.306 e. The minimum atomic E-state index is -0.167. The first kappa shape index (κ1) is 17.3. The number of halogens is 1. The zero-order valence-electron chi connectivity index (χ0n) is 13.7. The summed E-state index contributed by atoms with van der Waals surface area (Å²) >= 11 is 6.53. The van der Waals surface area contributed by atoms with Crippen molar-refractivity contribution in [3.63, 3.8) is 0 Å². The Bertz CT molecular complexity index is 463. The lowest BCUT2D eigenvalue weighted by atomic mass is 9.83. The van der Waals surface area contributed by atoms with Gasteiger partial charge in [0.2, 0.25) is 0 Å². The first-order valence-electron chi connectivity index (χ1n) is 8.51. The summed E-state index contributed by atoms with van der Waals surface area (Å²) in [5.74, 6) is 0.620. The summed E-state index contributed by atoms with van der Waals surface area (Å²) in [4.78, 5) is 11.6. The number of carbonyl (C=O) groups excluding carboxylic acids is 1. The summed E-state index contributed by atoms with van der Waals surface area (Å²) in [5.41, 5.74) is 2.53. The number of esters is 1. The Hall–Kier alpha value is -1.02. The van der Waals surface area contributed by atoms with Gasteiger partial charge in [-0.1, -0.05) is 50.5 Å². The molecule has 0 amide bonds. The Morgan fingerprint density at radius 1 is 1.23 bits per heavy atom. The smallest absolute Gasteiger partial charge is 0.306 e. The average Bonchev–Trinajstić information content (AvgIpc) is 2.55. The summed E-state index contributed by atoms with van der Waals surface area (Å²) in [6, 6.07) is 8.70. The molecule has 1 saturated carbocycles. The first-order chi connectivity index (χ1) is 10.6. The molecule has 2 atom stereocenters. The van der Waals surface area contributed by atoms with Gasteiger partial charge in [-0.3, -0.25) is 4.79 Å². The largest absolute Gasteiger partial charge is 0.466 e. The third kappa shape index (κ3) is 4.74. The van der Waals surface area contributed by atoms with Crippen LogP contribution in [0.4, 0.5) is 0 Å². The van der Waals surface area contributed by atoms with E-state index in [0.717, 1.165) is 5.56 Å². The van der Waals surface area contributed by atoms with Gasteiger partial charge >= 0.3 is 5.97 Å². The lowest BCUT2D eigenvalue weighted by Gasteiger charge is -2.23. The van der Waals surface area contributed by atoms with Crippen LogP contribution in [0, 0.1) is 5.92 Å². The zero-order valence-corrected chi connectivity index (χ0v) is 14.4. The lowest BCUT2D eigenvalue weighted by molar-refractivity contribution is -0.144. The van der Waals surface area contributed by atoms with Crippen molar-refractivity contribution in [3.05, 3.63) is 35.4 Å². The highest BCUT2D eigenvalue weighted by Gasteiger charge is 2.21. The van der Waals surface area contributed by atoms with E-state index < -0.39 is 0 Å². The molecule has 3 heteroatoms. The predicted molar refractivity (Wildman–Crippen MR) is 91.3 cm³/mol. The van der Waals surface area contributed by atoms with E-state index in [0.29, 0.717) is 18.9 Å². The first-order valence-corrected chi connectivity index (χ1v) is 8.95. The molecule has 2 unspecified atom stereocenters. The number of hydrogen-bond acceptors (Lipinski definition) is 2. The van der Waals surface area contributed by atoms with E-state index in [-0.39, 0.29) is 17.3 Å². The molecule has 1 aliphatic carbocycles. The van der Waals surface area contributed by atoms with Crippen LogP contribution in [-0.2, 0) is 9.53 Å². The molecule has 1 aromatic rings. The van der Waals surface area contributed by atoms with Crippen LogP contribution in [0.5, 0.6) is 0 Å². The van der Waals surface area contributed by atoms with Gasteiger partial charge in [-0.15, -0.1) is 11.6 Å². The molecule has 0 radical (unpaired) electrons. The van der Waals surface area contributed by atoms with Crippen LogP contribution in [0.15, 0.2) is 24.3 Å². The number of benzene rings is 1. The Morgan fingerprint density at radius 3 is 2.45 bits per heavy atom. The van der Waals surface area contributed by atoms with Crippen LogP contribution in [0.2, 0.25) is 0 Å². The van der Waals surface area contributed by atoms with Crippen molar-refractivity contribution >= 4 is 17.6 Å². The second kappa shape index (κ2) is 8.57. The quantitative estimate of drug-likeness (QED) is 0.503. The number of hydrogen-bond donors (Lipinski definition) is 0. The molecule has 0 heterocycles. The number of carbonyl (C=O) groups is 1. The van der Waals surface area contributed by atoms with Crippen LogP contribution in [0.3, 0.4) is 0 Å². The van der Waals surface area contributed by atoms with Crippen LogP contribution in [0.25, 0.3) is 0 Å². The highest BCUT2D eigenvalue weighted by molar-refractivity contribution is 6.21. The minimum Gasteiger partial charge on any atom is -0.466 e. The van der Waals surface area contributed by atoms with Crippen molar-refractivity contribution < 1.29 is 9.53 Å². The molecule has 0 aliphatic heterocycles. The fraction of sp³-hybridized carbons (Fsp3) is 0.632. The topological polar surface area (TPSA) is 26.3 Å². The molecule has 0 aromatic heterocycles. The monoisotopic (exact) mass is 322 g/mol. The normalized spacial score (nSPS) is 18.7. The Labute approximate surface area is 139 Å². The fourth-order valence-electron chi connectivity index (χ4n) is 3.30. The van der Waals surface area contributed by atoms with Crippen molar-refractivity contribution in [2.75, 3.05) is 6.61 Å². The van der Waals surface area contributed by atoms with Crippen LogP contribution in [0.1, 0.15) is 74.8 Å². The summed E-state index contributed by atoms with van der Waals surface area (Å²) in [6.45, 7) is 4.25. The minimum absolute atomic E-state index is 0.0706. The molecule has 2 rings (SSSR count). The lowest BCUT2D eigenvalue weighted by Crippen LogP contribution is -2.13. The molecule has 122 valence electrons. The molecular formula is C19H27ClO2. The van der Waals surface area contributed by atoms with Crippen molar-refractivity contribution in [2.24, 2.45) is 5.92 Å². The molecule has 1 aliphatic rings. The van der Waals surface area contributed by atoms with Gasteiger partial charge in [0.15, 0.2) is 0 Å². The molecular weight excluding hydrogens is 296 g/mol. The Kier molecular flexibility index (Phi) is 6.75. The van der Waals surface area contributed by atoms with Crippen molar-refractivity contribution in [2.45, 2.75) is 63.7 Å². The second-order valence-corrected chi connectivity index (χ2v) is 6.86. The average molecular weight is 323 g/mol. The van der Waals surface area contributed by atoms with Gasteiger partial charge in [-0.05, 0) is 42.7 Å². The predicted octanol–water partition coefficient (Wildman–Crippen LogP) is 5.60. The van der Waals surface area contributed by atoms with Crippen molar-refractivity contribution in [3.8, 4) is 0 Å². The van der Waals surface area contributed by atoms with Crippen molar-refractivity contribution in [1.29, 1.82) is 0 Å². The molecule has 1 aromatic carbocycles. The summed E-state index contributed by atoms with van der Waals surface area (Å²) < 4.78 is 5.00. The van der Waals surface area contributed by atoms with Gasteiger partial charge in [-0.2, -0.15) is 0 Å². The number of rotatable bonds is 6. The second-order valence-electron chi connectivity index (χ2n) is 6.39. The Balaban J connectivity index is 1.95. The SMILES string of the molecule is CCOC(=O)CC(C)C(Cl)c1ccc(C2CCCCC2)cc1. The molecule has 1 fully saturated rings. The highest BCUT2D eigenvalue weighted by Crippen LogP contribution is 2.35. The zero-order chi connectivity index (χ0) is 15.9. The molecule has 0 spiro atoms. The molecule has 0 saturated heterocycles. The van der Waals surface area contributed by atoms with Gasteiger partial charge in [0, 0.05) is 6.42 Å². The molecule has 22 heavy (non-hydrogen) atoms. The number of ether oxygens (including phenoxy) is 1. The summed E-state index contributed by atoms with van der Waals surface area (Å²) in [5, 5.41) is -0.148. The maximum absolute atomic E-state index is 11.6. The van der Waals surface area contributed by atoms with E-state index in [1.807, 2.05) is 13.8 Å². The summed E-state index contributed by atoms with van der Waals surface area (Å²) in [6.07, 6.45) is 7.06. The number of alkyl halides is 1. The van der Waals surface area contributed by atoms with Gasteiger partial charge in [-0.25, -0.2) is 0 Å². The summed E-state index contributed by atoms with van der Waals surface area (Å²) in [7, 11) is 0. The van der Waals surface area contributed by atoms with E-state index in [1.165, 1.54) is 37.7 Å². The fourth-order valence-corrected chi connectivity index (χ4v) is 3.54. The van der Waals surface area contributed by atoms with Gasteiger partial charge in [0.05, 0.1) is 12.0 Å². The third-order valence-electron chi connectivity index (χ3n) is 4.63. The van der Waals surface area contributed by atoms with Crippen LogP contribution >= 0.6 is 11.6 Å². The van der Waals surface area contributed by atoms with Crippen LogP contribution < -0.4 is 0 Å². The standard InChI is InChI=1S/C19H27ClO2/c1-3-22-18(21)13-14(2)19(20)17-11-9-16(10-12-17)15-7-5-4-6-8-15/h9-12,14-15,19H,3-8,13H2,1-2H3. The van der Waals surface area contributed by atoms with E-state index in [9.17, 15) is 4.79 Å². The highest BCUT2D eigenvalue weighted by atomic mass is 35.5. The molecule has 0 bridgehead atoms. The van der Waals surface area contributed by atoms with E-state index >= 15 is 0 Å². The van der Waals surface area contributed by atoms with Crippen molar-refractivity contribution in [1.82, 2.24) is 0 Å². The molecule has 2 nitrogen and oxygen atoms in total. The van der Waals surface area contributed by atoms with E-state index in [2.05, 4.69) is 24.3 Å². The maximum atomic E-state index is 11.6.